The van der Waals surface area contributed by atoms with Crippen LogP contribution in [0.1, 0.15) is 41.4 Å². The quantitative estimate of drug-likeness (QED) is 0.873. The molecule has 0 amide bonds. The van der Waals surface area contributed by atoms with Gasteiger partial charge in [0.25, 0.3) is 0 Å². The van der Waals surface area contributed by atoms with Crippen LogP contribution in [0.25, 0.3) is 0 Å². The second-order valence-electron chi connectivity index (χ2n) is 5.01. The molecule has 0 bridgehead atoms. The number of fused-ring (bicyclic) bond motifs is 1. The predicted molar refractivity (Wildman–Crippen MR) is 73.4 cm³/mol. The molecule has 18 heavy (non-hydrogen) atoms. The van der Waals surface area contributed by atoms with Gasteiger partial charge in [0, 0.05) is 18.2 Å². The van der Waals surface area contributed by atoms with Gasteiger partial charge in [-0.3, -0.25) is 4.98 Å². The first-order valence-corrected chi connectivity index (χ1v) is 6.61. The largest absolute Gasteiger partial charge is 0.323 e. The molecule has 1 unspecified atom stereocenters. The molecule has 0 radical (unpaired) electrons. The topological polar surface area (TPSA) is 38.9 Å². The Kier molecular flexibility index (Phi) is 3.11. The van der Waals surface area contributed by atoms with Crippen LogP contribution >= 0.6 is 0 Å². The molecule has 0 aliphatic heterocycles. The van der Waals surface area contributed by atoms with E-state index < -0.39 is 0 Å². The molecule has 2 nitrogen and oxygen atoms in total. The van der Waals surface area contributed by atoms with E-state index in [1.165, 1.54) is 17.5 Å². The van der Waals surface area contributed by atoms with Crippen LogP contribution in [0.4, 0.5) is 0 Å². The van der Waals surface area contributed by atoms with E-state index >= 15 is 0 Å². The highest BCUT2D eigenvalue weighted by Gasteiger charge is 2.18. The van der Waals surface area contributed by atoms with Crippen LogP contribution in [0.5, 0.6) is 0 Å². The number of benzene rings is 1. The molecule has 1 aromatic heterocycles. The molecule has 0 saturated carbocycles. The van der Waals surface area contributed by atoms with Crippen LogP contribution in [0, 0.1) is 0 Å². The Hall–Kier alpha value is -1.67. The Labute approximate surface area is 108 Å². The maximum absolute atomic E-state index is 6.15. The molecule has 0 saturated heterocycles. The minimum absolute atomic E-state index is 0.129. The average Bonchev–Trinajstić information content (AvgIpc) is 2.41. The summed E-state index contributed by atoms with van der Waals surface area (Å²) in [4.78, 5) is 4.76. The highest BCUT2D eigenvalue weighted by atomic mass is 14.8. The van der Waals surface area contributed by atoms with E-state index in [9.17, 15) is 0 Å². The fourth-order valence-corrected chi connectivity index (χ4v) is 2.63. The first-order chi connectivity index (χ1) is 8.83. The van der Waals surface area contributed by atoms with Crippen molar-refractivity contribution in [2.75, 3.05) is 0 Å². The van der Waals surface area contributed by atoms with Crippen molar-refractivity contribution in [3.05, 3.63) is 65.0 Å². The zero-order chi connectivity index (χ0) is 12.4. The van der Waals surface area contributed by atoms with Gasteiger partial charge in [0.2, 0.25) is 0 Å². The molecule has 2 aromatic rings. The van der Waals surface area contributed by atoms with Crippen molar-refractivity contribution in [3.63, 3.8) is 0 Å². The molecule has 1 aliphatic carbocycles. The number of aryl methyl sites for hydroxylation is 1. The van der Waals surface area contributed by atoms with E-state index in [4.69, 9.17) is 10.7 Å². The summed E-state index contributed by atoms with van der Waals surface area (Å²) in [6, 6.07) is 14.9. The summed E-state index contributed by atoms with van der Waals surface area (Å²) in [5, 5.41) is 0. The van der Waals surface area contributed by atoms with Gasteiger partial charge in [0.1, 0.15) is 0 Å². The third kappa shape index (κ3) is 2.29. The summed E-state index contributed by atoms with van der Waals surface area (Å²) in [6.45, 7) is 0. The minimum atomic E-state index is 0.129. The molecule has 1 atom stereocenters. The van der Waals surface area contributed by atoms with E-state index in [1.54, 1.807) is 0 Å². The molecule has 2 N–H and O–H groups in total. The van der Waals surface area contributed by atoms with Crippen molar-refractivity contribution < 1.29 is 0 Å². The molecular formula is C16H18N2. The van der Waals surface area contributed by atoms with Crippen LogP contribution < -0.4 is 5.73 Å². The van der Waals surface area contributed by atoms with Crippen molar-refractivity contribution in [3.8, 4) is 0 Å². The molecule has 3 rings (SSSR count). The monoisotopic (exact) mass is 238 g/mol. The highest BCUT2D eigenvalue weighted by molar-refractivity contribution is 5.30. The van der Waals surface area contributed by atoms with Gasteiger partial charge in [-0.15, -0.1) is 0 Å². The number of pyridine rings is 1. The fraction of sp³-hybridized carbons (Fsp3) is 0.312. The molecular weight excluding hydrogens is 220 g/mol. The van der Waals surface area contributed by atoms with Crippen LogP contribution in [-0.2, 0) is 12.8 Å². The molecule has 1 aliphatic rings. The van der Waals surface area contributed by atoms with Crippen LogP contribution in [0.2, 0.25) is 0 Å². The van der Waals surface area contributed by atoms with Crippen LogP contribution in [0.3, 0.4) is 0 Å². The SMILES string of the molecule is NC1CCCc2ccc(Cc3ccccc3)nc21. The summed E-state index contributed by atoms with van der Waals surface area (Å²) in [6.07, 6.45) is 4.27. The molecule has 0 fully saturated rings. The Morgan fingerprint density at radius 2 is 1.94 bits per heavy atom. The van der Waals surface area contributed by atoms with Gasteiger partial charge in [0.15, 0.2) is 0 Å². The lowest BCUT2D eigenvalue weighted by Gasteiger charge is -2.21. The normalized spacial score (nSPS) is 18.4. The third-order valence-corrected chi connectivity index (χ3v) is 3.61. The molecule has 1 aromatic carbocycles. The first kappa shape index (κ1) is 11.4. The minimum Gasteiger partial charge on any atom is -0.323 e. The molecule has 1 heterocycles. The summed E-state index contributed by atoms with van der Waals surface area (Å²) >= 11 is 0. The van der Waals surface area contributed by atoms with Gasteiger partial charge in [-0.05, 0) is 36.5 Å². The fourth-order valence-electron chi connectivity index (χ4n) is 2.63. The zero-order valence-corrected chi connectivity index (χ0v) is 10.5. The number of rotatable bonds is 2. The average molecular weight is 238 g/mol. The van der Waals surface area contributed by atoms with E-state index in [1.807, 2.05) is 6.07 Å². The summed E-state index contributed by atoms with van der Waals surface area (Å²) in [5.41, 5.74) is 11.0. The number of hydrogen-bond acceptors (Lipinski definition) is 2. The van der Waals surface area contributed by atoms with Gasteiger partial charge in [-0.2, -0.15) is 0 Å². The third-order valence-electron chi connectivity index (χ3n) is 3.61. The number of nitrogens with zero attached hydrogens (tertiary/aromatic N) is 1. The van der Waals surface area contributed by atoms with Gasteiger partial charge < -0.3 is 5.73 Å². The van der Waals surface area contributed by atoms with Crippen molar-refractivity contribution in [1.82, 2.24) is 4.98 Å². The Bertz CT molecular complexity index is 534. The number of nitrogens with two attached hydrogens (primary N) is 1. The Balaban J connectivity index is 1.88. The van der Waals surface area contributed by atoms with Crippen molar-refractivity contribution >= 4 is 0 Å². The summed E-state index contributed by atoms with van der Waals surface area (Å²) < 4.78 is 0. The summed E-state index contributed by atoms with van der Waals surface area (Å²) in [7, 11) is 0. The van der Waals surface area contributed by atoms with E-state index in [0.717, 1.165) is 30.7 Å². The lowest BCUT2D eigenvalue weighted by atomic mass is 9.92. The molecule has 2 heteroatoms. The predicted octanol–water partition coefficient (Wildman–Crippen LogP) is 3.01. The van der Waals surface area contributed by atoms with Gasteiger partial charge >= 0.3 is 0 Å². The maximum atomic E-state index is 6.15. The maximum Gasteiger partial charge on any atom is 0.0606 e. The Morgan fingerprint density at radius 1 is 1.11 bits per heavy atom. The van der Waals surface area contributed by atoms with E-state index in [2.05, 4.69) is 36.4 Å². The zero-order valence-electron chi connectivity index (χ0n) is 10.5. The second kappa shape index (κ2) is 4.91. The van der Waals surface area contributed by atoms with Crippen LogP contribution in [-0.4, -0.2) is 4.98 Å². The molecule has 92 valence electrons. The second-order valence-corrected chi connectivity index (χ2v) is 5.01. The van der Waals surface area contributed by atoms with Crippen molar-refractivity contribution in [1.29, 1.82) is 0 Å². The Morgan fingerprint density at radius 3 is 2.78 bits per heavy atom. The number of aromatic nitrogens is 1. The standard InChI is InChI=1S/C16H18N2/c17-15-8-4-7-13-9-10-14(18-16(13)15)11-12-5-2-1-3-6-12/h1-3,5-6,9-10,15H,4,7-8,11,17H2. The summed E-state index contributed by atoms with van der Waals surface area (Å²) in [5.74, 6) is 0. The molecule has 0 spiro atoms. The lowest BCUT2D eigenvalue weighted by Crippen LogP contribution is -2.19. The highest BCUT2D eigenvalue weighted by Crippen LogP contribution is 2.26. The van der Waals surface area contributed by atoms with Gasteiger partial charge in [0.05, 0.1) is 5.69 Å². The van der Waals surface area contributed by atoms with Gasteiger partial charge in [-0.25, -0.2) is 0 Å². The lowest BCUT2D eigenvalue weighted by molar-refractivity contribution is 0.552. The first-order valence-electron chi connectivity index (χ1n) is 6.61. The van der Waals surface area contributed by atoms with E-state index in [-0.39, 0.29) is 6.04 Å². The van der Waals surface area contributed by atoms with Gasteiger partial charge in [-0.1, -0.05) is 36.4 Å². The van der Waals surface area contributed by atoms with Crippen molar-refractivity contribution in [2.45, 2.75) is 31.7 Å². The number of hydrogen-bond donors (Lipinski definition) is 1. The smallest absolute Gasteiger partial charge is 0.0606 e. The van der Waals surface area contributed by atoms with Crippen LogP contribution in [0.15, 0.2) is 42.5 Å². The van der Waals surface area contributed by atoms with Crippen molar-refractivity contribution in [2.24, 2.45) is 5.73 Å². The van der Waals surface area contributed by atoms with E-state index in [0.29, 0.717) is 0 Å².